The molecule has 0 aromatic rings. The first-order chi connectivity index (χ1) is 3.39. The molecule has 0 spiro atoms. The quantitative estimate of drug-likeness (QED) is 0.459. The molecule has 0 atom stereocenters. The highest BCUT2D eigenvalue weighted by atomic mass is 32.1. The Balaban J connectivity index is 2.47. The van der Waals surface area contributed by atoms with Crippen molar-refractivity contribution in [3.63, 3.8) is 0 Å². The second kappa shape index (κ2) is 2.02. The van der Waals surface area contributed by atoms with Crippen LogP contribution in [0.5, 0.6) is 0 Å². The zero-order valence-electron chi connectivity index (χ0n) is 3.85. The van der Waals surface area contributed by atoms with E-state index >= 15 is 0 Å². The lowest BCUT2D eigenvalue weighted by Crippen LogP contribution is -2.23. The maximum atomic E-state index is 4.80. The molecule has 1 heterocycles. The summed E-state index contributed by atoms with van der Waals surface area (Å²) in [6.07, 6.45) is 2.55. The predicted molar refractivity (Wildman–Crippen MR) is 33.7 cm³/mol. The topological polar surface area (TPSA) is 24.4 Å². The molecule has 2 nitrogen and oxygen atoms in total. The molecule has 3 heteroatoms. The third-order valence-electron chi connectivity index (χ3n) is 0.785. The van der Waals surface area contributed by atoms with Crippen molar-refractivity contribution < 1.29 is 0 Å². The van der Waals surface area contributed by atoms with Crippen LogP contribution in [0.1, 0.15) is 6.42 Å². The third kappa shape index (κ3) is 1.23. The van der Waals surface area contributed by atoms with Gasteiger partial charge in [-0.2, -0.15) is 0 Å². The monoisotopic (exact) mass is 114 g/mol. The molecule has 0 saturated carbocycles. The summed E-state index contributed by atoms with van der Waals surface area (Å²) < 4.78 is 0. The van der Waals surface area contributed by atoms with Crippen molar-refractivity contribution >= 4 is 23.5 Å². The molecule has 1 N–H and O–H groups in total. The summed E-state index contributed by atoms with van der Waals surface area (Å²) in [7, 11) is 0. The SMILES string of the molecule is S=C1CCN=CN1. The van der Waals surface area contributed by atoms with Gasteiger partial charge < -0.3 is 5.32 Å². The van der Waals surface area contributed by atoms with Gasteiger partial charge in [-0.25, -0.2) is 0 Å². The van der Waals surface area contributed by atoms with Crippen molar-refractivity contribution in [2.24, 2.45) is 4.99 Å². The second-order valence-corrected chi connectivity index (χ2v) is 1.85. The van der Waals surface area contributed by atoms with E-state index in [0.717, 1.165) is 18.0 Å². The first-order valence-corrected chi connectivity index (χ1v) is 2.58. The summed E-state index contributed by atoms with van der Waals surface area (Å²) in [6.45, 7) is 0.853. The van der Waals surface area contributed by atoms with Gasteiger partial charge >= 0.3 is 0 Å². The van der Waals surface area contributed by atoms with Gasteiger partial charge in [-0.15, -0.1) is 0 Å². The zero-order chi connectivity index (χ0) is 5.11. The lowest BCUT2D eigenvalue weighted by Gasteiger charge is -2.03. The van der Waals surface area contributed by atoms with Gasteiger partial charge in [0.2, 0.25) is 0 Å². The minimum absolute atomic E-state index is 0.853. The van der Waals surface area contributed by atoms with Gasteiger partial charge in [0, 0.05) is 13.0 Å². The van der Waals surface area contributed by atoms with Crippen LogP contribution in [0.3, 0.4) is 0 Å². The van der Waals surface area contributed by atoms with Gasteiger partial charge in [-0.05, 0) is 0 Å². The molecule has 0 radical (unpaired) electrons. The van der Waals surface area contributed by atoms with E-state index in [1.165, 1.54) is 0 Å². The Morgan fingerprint density at radius 2 is 2.71 bits per heavy atom. The highest BCUT2D eigenvalue weighted by Gasteiger charge is 1.94. The van der Waals surface area contributed by atoms with E-state index in [1.54, 1.807) is 6.34 Å². The molecule has 0 aromatic heterocycles. The van der Waals surface area contributed by atoms with Crippen LogP contribution in [0.2, 0.25) is 0 Å². The van der Waals surface area contributed by atoms with Gasteiger partial charge in [0.15, 0.2) is 0 Å². The van der Waals surface area contributed by atoms with Gasteiger partial charge in [0.1, 0.15) is 0 Å². The van der Waals surface area contributed by atoms with E-state index in [4.69, 9.17) is 12.2 Å². The molecule has 0 aromatic carbocycles. The van der Waals surface area contributed by atoms with Crippen molar-refractivity contribution in [3.05, 3.63) is 0 Å². The van der Waals surface area contributed by atoms with E-state index in [1.807, 2.05) is 0 Å². The van der Waals surface area contributed by atoms with E-state index < -0.39 is 0 Å². The number of rotatable bonds is 0. The van der Waals surface area contributed by atoms with Crippen LogP contribution in [0, 0.1) is 0 Å². The average molecular weight is 114 g/mol. The number of aliphatic imine (C=N–C) groups is 1. The largest absolute Gasteiger partial charge is 0.341 e. The lowest BCUT2D eigenvalue weighted by molar-refractivity contribution is 0.998. The van der Waals surface area contributed by atoms with E-state index in [0.29, 0.717) is 0 Å². The summed E-state index contributed by atoms with van der Waals surface area (Å²) in [5.74, 6) is 0. The van der Waals surface area contributed by atoms with Crippen LogP contribution in [-0.4, -0.2) is 17.9 Å². The zero-order valence-corrected chi connectivity index (χ0v) is 4.66. The van der Waals surface area contributed by atoms with Gasteiger partial charge in [0.25, 0.3) is 0 Å². The Bertz CT molecular complexity index is 108. The Morgan fingerprint density at radius 1 is 1.86 bits per heavy atom. The lowest BCUT2D eigenvalue weighted by atomic mass is 10.4. The number of hydrogen-bond donors (Lipinski definition) is 1. The molecule has 0 unspecified atom stereocenters. The van der Waals surface area contributed by atoms with Crippen LogP contribution in [0.15, 0.2) is 4.99 Å². The molecule has 1 rings (SSSR count). The molecule has 0 fully saturated rings. The Labute approximate surface area is 47.6 Å². The van der Waals surface area contributed by atoms with E-state index in [2.05, 4.69) is 10.3 Å². The van der Waals surface area contributed by atoms with Crippen molar-refractivity contribution in [1.29, 1.82) is 0 Å². The predicted octanol–water partition coefficient (Wildman–Crippen LogP) is 0.335. The van der Waals surface area contributed by atoms with Crippen molar-refractivity contribution in [2.45, 2.75) is 6.42 Å². The normalized spacial score (nSPS) is 19.1. The third-order valence-corrected chi connectivity index (χ3v) is 1.11. The van der Waals surface area contributed by atoms with Crippen LogP contribution in [-0.2, 0) is 0 Å². The number of nitrogens with one attached hydrogen (secondary N) is 1. The van der Waals surface area contributed by atoms with Crippen molar-refractivity contribution in [2.75, 3.05) is 6.54 Å². The summed E-state index contributed by atoms with van der Waals surface area (Å²) in [6, 6.07) is 0. The molecule has 38 valence electrons. The molecule has 1 aliphatic rings. The Hall–Kier alpha value is -0.440. The summed E-state index contributed by atoms with van der Waals surface area (Å²) in [4.78, 5) is 4.80. The molecule has 0 aliphatic carbocycles. The minimum Gasteiger partial charge on any atom is -0.341 e. The molecular formula is C4H6N2S. The molecule has 0 amide bonds. The molecule has 0 bridgehead atoms. The molecule has 1 aliphatic heterocycles. The van der Waals surface area contributed by atoms with Crippen LogP contribution in [0.4, 0.5) is 0 Å². The van der Waals surface area contributed by atoms with Crippen LogP contribution in [0.25, 0.3) is 0 Å². The van der Waals surface area contributed by atoms with Crippen LogP contribution >= 0.6 is 12.2 Å². The molecule has 0 saturated heterocycles. The smallest absolute Gasteiger partial charge is 0.0871 e. The minimum atomic E-state index is 0.853. The van der Waals surface area contributed by atoms with Gasteiger partial charge in [-0.3, -0.25) is 4.99 Å². The highest BCUT2D eigenvalue weighted by molar-refractivity contribution is 7.80. The Kier molecular flexibility index (Phi) is 1.36. The number of thiocarbonyl (C=S) groups is 1. The maximum Gasteiger partial charge on any atom is 0.0871 e. The molecular weight excluding hydrogens is 108 g/mol. The number of nitrogens with zero attached hydrogens (tertiary/aromatic N) is 1. The summed E-state index contributed by atoms with van der Waals surface area (Å²) in [5.41, 5.74) is 0. The standard InChI is InChI=1S/C4H6N2S/c7-4-1-2-5-3-6-4/h3H,1-2H2,(H,5,6,7). The Morgan fingerprint density at radius 3 is 3.00 bits per heavy atom. The van der Waals surface area contributed by atoms with E-state index in [-0.39, 0.29) is 0 Å². The van der Waals surface area contributed by atoms with E-state index in [9.17, 15) is 0 Å². The van der Waals surface area contributed by atoms with Gasteiger partial charge in [0.05, 0.1) is 11.3 Å². The first kappa shape index (κ1) is 4.71. The highest BCUT2D eigenvalue weighted by Crippen LogP contribution is 1.86. The average Bonchev–Trinajstić information content (AvgIpc) is 1.69. The maximum absolute atomic E-state index is 4.80. The fourth-order valence-electron chi connectivity index (χ4n) is 0.420. The molecule has 7 heavy (non-hydrogen) atoms. The van der Waals surface area contributed by atoms with Gasteiger partial charge in [-0.1, -0.05) is 12.2 Å². The van der Waals surface area contributed by atoms with Crippen LogP contribution < -0.4 is 5.32 Å². The van der Waals surface area contributed by atoms with Crippen molar-refractivity contribution in [3.8, 4) is 0 Å². The first-order valence-electron chi connectivity index (χ1n) is 2.17. The second-order valence-electron chi connectivity index (χ2n) is 1.35. The fourth-order valence-corrected chi connectivity index (χ4v) is 0.564. The fraction of sp³-hybridized carbons (Fsp3) is 0.500. The summed E-state index contributed by atoms with van der Waals surface area (Å²) in [5, 5.41) is 2.82. The van der Waals surface area contributed by atoms with Crippen molar-refractivity contribution in [1.82, 2.24) is 5.32 Å². The number of hydrogen-bond acceptors (Lipinski definition) is 2. The summed E-state index contributed by atoms with van der Waals surface area (Å²) >= 11 is 4.80.